The minimum atomic E-state index is -1.04. The van der Waals surface area contributed by atoms with Gasteiger partial charge in [0.25, 0.3) is 0 Å². The smallest absolute Gasteiger partial charge is 0.399 e. The van der Waals surface area contributed by atoms with Crippen LogP contribution in [0.2, 0.25) is 0 Å². The lowest BCUT2D eigenvalue weighted by atomic mass is 9.74. The third-order valence-electron chi connectivity index (χ3n) is 4.15. The summed E-state index contributed by atoms with van der Waals surface area (Å²) in [5.74, 6) is 0. The van der Waals surface area contributed by atoms with E-state index in [2.05, 4.69) is 4.98 Å². The van der Waals surface area contributed by atoms with Crippen molar-refractivity contribution in [1.82, 2.24) is 4.98 Å². The summed E-state index contributed by atoms with van der Waals surface area (Å²) in [4.78, 5) is 4.47. The Kier molecular flexibility index (Phi) is 3.52. The highest BCUT2D eigenvalue weighted by Crippen LogP contribution is 2.37. The lowest BCUT2D eigenvalue weighted by Crippen LogP contribution is -2.41. The first kappa shape index (κ1) is 15.5. The normalized spacial score (nSPS) is 21.3. The second-order valence-electron chi connectivity index (χ2n) is 7.04. The fraction of sp³-hybridized carbons (Fsp3) is 0.667. The molecular formula is C15H24BNO3. The minimum absolute atomic E-state index is 0.403. The van der Waals surface area contributed by atoms with Crippen molar-refractivity contribution in [3.8, 4) is 0 Å². The maximum Gasteiger partial charge on any atom is 0.496 e. The van der Waals surface area contributed by atoms with Crippen LogP contribution in [-0.2, 0) is 14.9 Å². The van der Waals surface area contributed by atoms with Crippen LogP contribution in [0.1, 0.15) is 52.9 Å². The summed E-state index contributed by atoms with van der Waals surface area (Å²) in [6.07, 6.45) is 0. The number of rotatable bonds is 2. The van der Waals surface area contributed by atoms with Gasteiger partial charge in [0.15, 0.2) is 0 Å². The molecule has 0 saturated carbocycles. The number of aliphatic hydroxyl groups is 1. The fourth-order valence-corrected chi connectivity index (χ4v) is 2.22. The molecule has 0 atom stereocenters. The Morgan fingerprint density at radius 1 is 1.10 bits per heavy atom. The lowest BCUT2D eigenvalue weighted by molar-refractivity contribution is 0.00578. The Morgan fingerprint density at radius 3 is 2.05 bits per heavy atom. The minimum Gasteiger partial charge on any atom is -0.399 e. The summed E-state index contributed by atoms with van der Waals surface area (Å²) >= 11 is 0. The van der Waals surface area contributed by atoms with E-state index in [0.717, 1.165) is 11.2 Å². The van der Waals surface area contributed by atoms with Gasteiger partial charge in [-0.25, -0.2) is 0 Å². The Bertz CT molecular complexity index is 504. The van der Waals surface area contributed by atoms with E-state index in [1.165, 1.54) is 0 Å². The van der Waals surface area contributed by atoms with Crippen LogP contribution >= 0.6 is 0 Å². The van der Waals surface area contributed by atoms with E-state index in [9.17, 15) is 5.11 Å². The molecule has 2 heterocycles. The van der Waals surface area contributed by atoms with Crippen LogP contribution < -0.4 is 5.46 Å². The molecule has 1 saturated heterocycles. The molecule has 1 N–H and O–H groups in total. The monoisotopic (exact) mass is 277 g/mol. The van der Waals surface area contributed by atoms with Gasteiger partial charge in [0.2, 0.25) is 0 Å². The summed E-state index contributed by atoms with van der Waals surface area (Å²) in [5.41, 5.74) is 0.421. The summed E-state index contributed by atoms with van der Waals surface area (Å²) in [6.45, 7) is 13.4. The molecule has 1 aliphatic heterocycles. The van der Waals surface area contributed by atoms with Crippen molar-refractivity contribution in [1.29, 1.82) is 0 Å². The molecule has 20 heavy (non-hydrogen) atoms. The van der Waals surface area contributed by atoms with Crippen LogP contribution in [0.15, 0.2) is 12.1 Å². The van der Waals surface area contributed by atoms with E-state index in [0.29, 0.717) is 5.69 Å². The lowest BCUT2D eigenvalue weighted by Gasteiger charge is -2.32. The standard InChI is InChI=1S/C15H24BNO3/c1-10-8-9-11(12(17-10)13(2,3)18)16-19-14(4,5)15(6,7)20-16/h8-9,18H,1-7H3. The topological polar surface area (TPSA) is 51.6 Å². The maximum atomic E-state index is 10.3. The number of hydrogen-bond donors (Lipinski definition) is 1. The molecule has 5 heteroatoms. The Hall–Kier alpha value is -0.905. The van der Waals surface area contributed by atoms with Crippen LogP contribution in [0.5, 0.6) is 0 Å². The fourth-order valence-electron chi connectivity index (χ4n) is 2.22. The van der Waals surface area contributed by atoms with Gasteiger partial charge in [-0.2, -0.15) is 0 Å². The van der Waals surface area contributed by atoms with Crippen molar-refractivity contribution in [3.63, 3.8) is 0 Å². The Morgan fingerprint density at radius 2 is 1.60 bits per heavy atom. The molecule has 0 radical (unpaired) electrons. The molecule has 1 aliphatic rings. The van der Waals surface area contributed by atoms with Gasteiger partial charge in [-0.05, 0) is 54.5 Å². The van der Waals surface area contributed by atoms with Crippen molar-refractivity contribution >= 4 is 12.6 Å². The van der Waals surface area contributed by atoms with Crippen molar-refractivity contribution in [3.05, 3.63) is 23.5 Å². The summed E-state index contributed by atoms with van der Waals surface area (Å²) in [5, 5.41) is 10.3. The molecule has 0 aliphatic carbocycles. The molecule has 1 fully saturated rings. The molecule has 2 rings (SSSR count). The predicted octanol–water partition coefficient (Wildman–Crippen LogP) is 1.92. The molecule has 0 bridgehead atoms. The van der Waals surface area contributed by atoms with Gasteiger partial charge in [0, 0.05) is 11.2 Å². The maximum absolute atomic E-state index is 10.3. The summed E-state index contributed by atoms with van der Waals surface area (Å²) in [7, 11) is -0.505. The van der Waals surface area contributed by atoms with E-state index >= 15 is 0 Å². The summed E-state index contributed by atoms with van der Waals surface area (Å²) < 4.78 is 12.1. The SMILES string of the molecule is Cc1ccc(B2OC(C)(C)C(C)(C)O2)c(C(C)(C)O)n1. The zero-order valence-corrected chi connectivity index (χ0v) is 13.4. The number of aromatic nitrogens is 1. The van der Waals surface area contributed by atoms with Crippen LogP contribution in [0.25, 0.3) is 0 Å². The number of pyridine rings is 1. The van der Waals surface area contributed by atoms with E-state index in [-0.39, 0.29) is 0 Å². The van der Waals surface area contributed by atoms with E-state index < -0.39 is 23.9 Å². The molecular weight excluding hydrogens is 253 g/mol. The molecule has 0 spiro atoms. The molecule has 110 valence electrons. The van der Waals surface area contributed by atoms with Crippen LogP contribution in [-0.4, -0.2) is 28.4 Å². The van der Waals surface area contributed by atoms with Gasteiger partial charge in [0.05, 0.1) is 16.9 Å². The highest BCUT2D eigenvalue weighted by atomic mass is 16.7. The van der Waals surface area contributed by atoms with E-state index in [1.54, 1.807) is 13.8 Å². The highest BCUT2D eigenvalue weighted by Gasteiger charge is 2.52. The van der Waals surface area contributed by atoms with Gasteiger partial charge >= 0.3 is 7.12 Å². The molecule has 1 aromatic rings. The predicted molar refractivity (Wildman–Crippen MR) is 79.9 cm³/mol. The molecule has 0 aromatic carbocycles. The Balaban J connectivity index is 2.46. The average molecular weight is 277 g/mol. The first-order valence-electron chi connectivity index (χ1n) is 7.00. The van der Waals surface area contributed by atoms with Crippen molar-refractivity contribution in [2.75, 3.05) is 0 Å². The van der Waals surface area contributed by atoms with Crippen molar-refractivity contribution < 1.29 is 14.4 Å². The average Bonchev–Trinajstić information content (AvgIpc) is 2.46. The highest BCUT2D eigenvalue weighted by molar-refractivity contribution is 6.62. The van der Waals surface area contributed by atoms with Gasteiger partial charge in [-0.3, -0.25) is 4.98 Å². The summed E-state index contributed by atoms with van der Waals surface area (Å²) in [6, 6.07) is 3.84. The quantitative estimate of drug-likeness (QED) is 0.839. The van der Waals surface area contributed by atoms with E-state index in [4.69, 9.17) is 9.31 Å². The number of aryl methyl sites for hydroxylation is 1. The number of hydrogen-bond acceptors (Lipinski definition) is 4. The van der Waals surface area contributed by atoms with Gasteiger partial charge < -0.3 is 14.4 Å². The number of nitrogens with zero attached hydrogens (tertiary/aromatic N) is 1. The first-order chi connectivity index (χ1) is 8.94. The largest absolute Gasteiger partial charge is 0.496 e. The third-order valence-corrected chi connectivity index (χ3v) is 4.15. The van der Waals surface area contributed by atoms with Gasteiger partial charge in [-0.15, -0.1) is 0 Å². The van der Waals surface area contributed by atoms with Gasteiger partial charge in [0.1, 0.15) is 5.60 Å². The molecule has 0 amide bonds. The zero-order valence-electron chi connectivity index (χ0n) is 13.4. The molecule has 1 aromatic heterocycles. The first-order valence-corrected chi connectivity index (χ1v) is 7.00. The second kappa shape index (κ2) is 4.55. The van der Waals surface area contributed by atoms with Crippen molar-refractivity contribution in [2.24, 2.45) is 0 Å². The molecule has 0 unspecified atom stereocenters. The van der Waals surface area contributed by atoms with Gasteiger partial charge in [-0.1, -0.05) is 6.07 Å². The Labute approximate surface area is 121 Å². The van der Waals surface area contributed by atoms with Crippen LogP contribution in [0.4, 0.5) is 0 Å². The van der Waals surface area contributed by atoms with E-state index in [1.807, 2.05) is 46.8 Å². The van der Waals surface area contributed by atoms with Crippen molar-refractivity contribution in [2.45, 2.75) is 65.3 Å². The van der Waals surface area contributed by atoms with Crippen LogP contribution in [0, 0.1) is 6.92 Å². The molecule has 4 nitrogen and oxygen atoms in total. The zero-order chi connectivity index (χ0) is 15.3. The van der Waals surface area contributed by atoms with Crippen LogP contribution in [0.3, 0.4) is 0 Å². The third kappa shape index (κ3) is 2.62. The second-order valence-corrected chi connectivity index (χ2v) is 7.04.